The van der Waals surface area contributed by atoms with Crippen LogP contribution in [0.3, 0.4) is 0 Å². The van der Waals surface area contributed by atoms with Gasteiger partial charge in [-0.25, -0.2) is 4.98 Å². The molecule has 4 heteroatoms. The Bertz CT molecular complexity index is 734. The van der Waals surface area contributed by atoms with Gasteiger partial charge in [-0.15, -0.1) is 0 Å². The van der Waals surface area contributed by atoms with Crippen molar-refractivity contribution in [1.82, 2.24) is 4.98 Å². The Morgan fingerprint density at radius 3 is 2.71 bits per heavy atom. The highest BCUT2D eigenvalue weighted by atomic mass is 32.1. The lowest BCUT2D eigenvalue weighted by Crippen LogP contribution is -1.95. The molecule has 0 saturated carbocycles. The standard InChI is InChI=1S/C17H18N2OS/c1-3-18-17-19-15-9-8-14(10-16(15)21-17)20-11-13-6-4-12(2)5-7-13/h4-10H,3,11H2,1-2H3,(H,18,19). The minimum atomic E-state index is 0.588. The van der Waals surface area contributed by atoms with Crippen LogP contribution in [0.2, 0.25) is 0 Å². The Balaban J connectivity index is 1.73. The molecule has 0 aliphatic carbocycles. The van der Waals surface area contributed by atoms with Gasteiger partial charge in [-0.2, -0.15) is 0 Å². The summed E-state index contributed by atoms with van der Waals surface area (Å²) in [6.45, 7) is 5.63. The van der Waals surface area contributed by atoms with Crippen molar-refractivity contribution >= 4 is 26.7 Å². The Morgan fingerprint density at radius 2 is 1.95 bits per heavy atom. The third-order valence-electron chi connectivity index (χ3n) is 3.21. The van der Waals surface area contributed by atoms with Crippen LogP contribution in [0.5, 0.6) is 5.75 Å². The first kappa shape index (κ1) is 13.9. The Hall–Kier alpha value is -2.07. The number of ether oxygens (including phenoxy) is 1. The summed E-state index contributed by atoms with van der Waals surface area (Å²) >= 11 is 1.66. The molecule has 0 aliphatic heterocycles. The van der Waals surface area contributed by atoms with Gasteiger partial charge in [0.2, 0.25) is 0 Å². The highest BCUT2D eigenvalue weighted by molar-refractivity contribution is 7.22. The third-order valence-corrected chi connectivity index (χ3v) is 4.19. The summed E-state index contributed by atoms with van der Waals surface area (Å²) in [5.74, 6) is 0.884. The van der Waals surface area contributed by atoms with Gasteiger partial charge in [0.05, 0.1) is 10.2 Å². The fourth-order valence-electron chi connectivity index (χ4n) is 2.07. The molecule has 3 rings (SSSR count). The van der Waals surface area contributed by atoms with Crippen molar-refractivity contribution in [2.24, 2.45) is 0 Å². The van der Waals surface area contributed by atoms with Crippen LogP contribution in [0.15, 0.2) is 42.5 Å². The third kappa shape index (κ3) is 3.34. The first-order chi connectivity index (χ1) is 10.2. The molecule has 0 amide bonds. The number of nitrogens with zero attached hydrogens (tertiary/aromatic N) is 1. The van der Waals surface area contributed by atoms with Gasteiger partial charge in [-0.05, 0) is 37.6 Å². The van der Waals surface area contributed by atoms with Crippen LogP contribution in [0.1, 0.15) is 18.1 Å². The molecule has 108 valence electrons. The quantitative estimate of drug-likeness (QED) is 0.746. The molecule has 21 heavy (non-hydrogen) atoms. The number of thiazole rings is 1. The van der Waals surface area contributed by atoms with E-state index in [9.17, 15) is 0 Å². The molecule has 3 nitrogen and oxygen atoms in total. The van der Waals surface area contributed by atoms with E-state index in [4.69, 9.17) is 4.74 Å². The number of anilines is 1. The summed E-state index contributed by atoms with van der Waals surface area (Å²) in [7, 11) is 0. The zero-order valence-corrected chi connectivity index (χ0v) is 13.0. The Labute approximate surface area is 128 Å². The Morgan fingerprint density at radius 1 is 1.14 bits per heavy atom. The maximum atomic E-state index is 5.87. The van der Waals surface area contributed by atoms with E-state index in [1.165, 1.54) is 11.1 Å². The van der Waals surface area contributed by atoms with E-state index in [1.54, 1.807) is 11.3 Å². The van der Waals surface area contributed by atoms with Crippen LogP contribution in [0, 0.1) is 6.92 Å². The predicted molar refractivity (Wildman–Crippen MR) is 89.3 cm³/mol. The maximum Gasteiger partial charge on any atom is 0.183 e. The fraction of sp³-hybridized carbons (Fsp3) is 0.235. The SMILES string of the molecule is CCNc1nc2ccc(OCc3ccc(C)cc3)cc2s1. The monoisotopic (exact) mass is 298 g/mol. The molecule has 0 fully saturated rings. The second-order valence-corrected chi connectivity index (χ2v) is 5.98. The molecule has 1 aromatic heterocycles. The zero-order chi connectivity index (χ0) is 14.7. The minimum absolute atomic E-state index is 0.588. The number of nitrogens with one attached hydrogen (secondary N) is 1. The van der Waals surface area contributed by atoms with E-state index in [2.05, 4.69) is 54.5 Å². The van der Waals surface area contributed by atoms with Crippen molar-refractivity contribution in [2.45, 2.75) is 20.5 Å². The number of rotatable bonds is 5. The van der Waals surface area contributed by atoms with Crippen LogP contribution < -0.4 is 10.1 Å². The van der Waals surface area contributed by atoms with Crippen molar-refractivity contribution in [3.05, 3.63) is 53.6 Å². The van der Waals surface area contributed by atoms with Crippen LogP contribution in [0.4, 0.5) is 5.13 Å². The van der Waals surface area contributed by atoms with E-state index in [0.29, 0.717) is 6.61 Å². The van der Waals surface area contributed by atoms with E-state index >= 15 is 0 Å². The first-order valence-electron chi connectivity index (χ1n) is 7.07. The molecule has 0 radical (unpaired) electrons. The summed E-state index contributed by atoms with van der Waals surface area (Å²) in [4.78, 5) is 4.52. The van der Waals surface area contributed by atoms with Gasteiger partial charge in [0.1, 0.15) is 12.4 Å². The molecule has 0 atom stereocenters. The first-order valence-corrected chi connectivity index (χ1v) is 7.89. The van der Waals surface area contributed by atoms with Gasteiger partial charge in [0.15, 0.2) is 5.13 Å². The normalized spacial score (nSPS) is 10.8. The lowest BCUT2D eigenvalue weighted by Gasteiger charge is -2.06. The number of hydrogen-bond acceptors (Lipinski definition) is 4. The predicted octanol–water partition coefficient (Wildman–Crippen LogP) is 4.62. The Kier molecular flexibility index (Phi) is 4.06. The molecule has 1 heterocycles. The lowest BCUT2D eigenvalue weighted by atomic mass is 10.2. The fourth-order valence-corrected chi connectivity index (χ4v) is 3.03. The summed E-state index contributed by atoms with van der Waals surface area (Å²) < 4.78 is 7.01. The lowest BCUT2D eigenvalue weighted by molar-refractivity contribution is 0.306. The number of hydrogen-bond donors (Lipinski definition) is 1. The second kappa shape index (κ2) is 6.14. The molecule has 1 N–H and O–H groups in total. The van der Waals surface area contributed by atoms with Crippen molar-refractivity contribution in [2.75, 3.05) is 11.9 Å². The van der Waals surface area contributed by atoms with E-state index < -0.39 is 0 Å². The molecule has 3 aromatic rings. The molecule has 2 aromatic carbocycles. The number of aryl methyl sites for hydroxylation is 1. The van der Waals surface area contributed by atoms with E-state index in [-0.39, 0.29) is 0 Å². The summed E-state index contributed by atoms with van der Waals surface area (Å²) in [5, 5.41) is 4.21. The molecule has 0 unspecified atom stereocenters. The van der Waals surface area contributed by atoms with Gasteiger partial charge in [0.25, 0.3) is 0 Å². The van der Waals surface area contributed by atoms with E-state index in [1.807, 2.05) is 12.1 Å². The van der Waals surface area contributed by atoms with Crippen LogP contribution in [0.25, 0.3) is 10.2 Å². The van der Waals surface area contributed by atoms with Gasteiger partial charge in [-0.1, -0.05) is 41.2 Å². The topological polar surface area (TPSA) is 34.2 Å². The largest absolute Gasteiger partial charge is 0.489 e. The molecular weight excluding hydrogens is 280 g/mol. The smallest absolute Gasteiger partial charge is 0.183 e. The molecular formula is C17H18N2OS. The highest BCUT2D eigenvalue weighted by Gasteiger charge is 2.04. The van der Waals surface area contributed by atoms with Gasteiger partial charge < -0.3 is 10.1 Å². The van der Waals surface area contributed by atoms with Crippen molar-refractivity contribution < 1.29 is 4.74 Å². The molecule has 0 bridgehead atoms. The second-order valence-electron chi connectivity index (χ2n) is 4.95. The number of aromatic nitrogens is 1. The molecule has 0 aliphatic rings. The van der Waals surface area contributed by atoms with Crippen LogP contribution >= 0.6 is 11.3 Å². The minimum Gasteiger partial charge on any atom is -0.489 e. The van der Waals surface area contributed by atoms with Gasteiger partial charge in [0, 0.05) is 6.54 Å². The van der Waals surface area contributed by atoms with Gasteiger partial charge in [-0.3, -0.25) is 0 Å². The van der Waals surface area contributed by atoms with Crippen LogP contribution in [-0.4, -0.2) is 11.5 Å². The van der Waals surface area contributed by atoms with Crippen LogP contribution in [-0.2, 0) is 6.61 Å². The summed E-state index contributed by atoms with van der Waals surface area (Å²) in [6, 6.07) is 14.5. The average Bonchev–Trinajstić information content (AvgIpc) is 2.88. The maximum absolute atomic E-state index is 5.87. The van der Waals surface area contributed by atoms with E-state index in [0.717, 1.165) is 27.6 Å². The highest BCUT2D eigenvalue weighted by Crippen LogP contribution is 2.29. The van der Waals surface area contributed by atoms with Gasteiger partial charge >= 0.3 is 0 Å². The van der Waals surface area contributed by atoms with Crippen molar-refractivity contribution in [1.29, 1.82) is 0 Å². The molecule has 0 saturated heterocycles. The average molecular weight is 298 g/mol. The molecule has 0 spiro atoms. The number of benzene rings is 2. The summed E-state index contributed by atoms with van der Waals surface area (Å²) in [5.41, 5.74) is 3.46. The van der Waals surface area contributed by atoms with Crippen molar-refractivity contribution in [3.63, 3.8) is 0 Å². The number of fused-ring (bicyclic) bond motifs is 1. The van der Waals surface area contributed by atoms with Crippen molar-refractivity contribution in [3.8, 4) is 5.75 Å². The summed E-state index contributed by atoms with van der Waals surface area (Å²) in [6.07, 6.45) is 0. The zero-order valence-electron chi connectivity index (χ0n) is 12.2.